The van der Waals surface area contributed by atoms with Crippen molar-refractivity contribution < 1.29 is 4.74 Å². The monoisotopic (exact) mass is 315 g/mol. The van der Waals surface area contributed by atoms with Crippen LogP contribution < -0.4 is 5.32 Å². The van der Waals surface area contributed by atoms with Crippen molar-refractivity contribution in [2.24, 2.45) is 11.3 Å². The molecule has 0 bridgehead atoms. The molecule has 0 radical (unpaired) electrons. The van der Waals surface area contributed by atoms with Crippen LogP contribution in [0.2, 0.25) is 0 Å². The van der Waals surface area contributed by atoms with Gasteiger partial charge in [0.25, 0.3) is 0 Å². The van der Waals surface area contributed by atoms with Crippen LogP contribution in [-0.2, 0) is 11.3 Å². The fourth-order valence-electron chi connectivity index (χ4n) is 6.07. The molecule has 5 rings (SSSR count). The van der Waals surface area contributed by atoms with Crippen LogP contribution in [0.1, 0.15) is 69.5 Å². The Kier molecular flexibility index (Phi) is 3.52. The third-order valence-electron chi connectivity index (χ3n) is 7.15. The SMILES string of the molecule is c1cn(C2CCCC2)nc1CN[C@@H]1[C@H]2CCO[C@H]2C12CCCC2. The molecular weight excluding hydrogens is 286 g/mol. The maximum absolute atomic E-state index is 6.08. The van der Waals surface area contributed by atoms with Gasteiger partial charge >= 0.3 is 0 Å². The van der Waals surface area contributed by atoms with E-state index in [1.807, 2.05) is 0 Å². The molecule has 1 aromatic rings. The van der Waals surface area contributed by atoms with Crippen molar-refractivity contribution in [3.05, 3.63) is 18.0 Å². The molecule has 1 saturated heterocycles. The number of aromatic nitrogens is 2. The van der Waals surface area contributed by atoms with E-state index in [1.54, 1.807) is 0 Å². The van der Waals surface area contributed by atoms with Gasteiger partial charge in [0, 0.05) is 36.7 Å². The van der Waals surface area contributed by atoms with Crippen LogP contribution in [0.15, 0.2) is 12.3 Å². The van der Waals surface area contributed by atoms with Crippen LogP contribution in [0.3, 0.4) is 0 Å². The molecule has 4 heteroatoms. The molecule has 126 valence electrons. The van der Waals surface area contributed by atoms with Crippen molar-refractivity contribution >= 4 is 0 Å². The highest BCUT2D eigenvalue weighted by Gasteiger charge is 2.64. The fraction of sp³-hybridized carbons (Fsp3) is 0.842. The minimum Gasteiger partial charge on any atom is -0.377 e. The van der Waals surface area contributed by atoms with E-state index in [0.717, 1.165) is 19.1 Å². The first-order valence-electron chi connectivity index (χ1n) is 9.76. The summed E-state index contributed by atoms with van der Waals surface area (Å²) in [5.41, 5.74) is 1.67. The summed E-state index contributed by atoms with van der Waals surface area (Å²) in [6, 6.07) is 3.53. The lowest BCUT2D eigenvalue weighted by Gasteiger charge is -2.57. The maximum atomic E-state index is 6.08. The second-order valence-electron chi connectivity index (χ2n) is 8.27. The second kappa shape index (κ2) is 5.59. The van der Waals surface area contributed by atoms with E-state index in [1.165, 1.54) is 63.5 Å². The van der Waals surface area contributed by atoms with E-state index < -0.39 is 0 Å². The van der Waals surface area contributed by atoms with Gasteiger partial charge in [-0.05, 0) is 38.2 Å². The zero-order valence-corrected chi connectivity index (χ0v) is 14.0. The molecule has 3 atom stereocenters. The summed E-state index contributed by atoms with van der Waals surface area (Å²) in [6.07, 6.45) is 14.9. The molecule has 4 nitrogen and oxygen atoms in total. The molecule has 1 aromatic heterocycles. The number of ether oxygens (including phenoxy) is 1. The molecule has 23 heavy (non-hydrogen) atoms. The van der Waals surface area contributed by atoms with Crippen LogP contribution in [0, 0.1) is 11.3 Å². The lowest BCUT2D eigenvalue weighted by atomic mass is 9.54. The smallest absolute Gasteiger partial charge is 0.0762 e. The summed E-state index contributed by atoms with van der Waals surface area (Å²) in [5.74, 6) is 0.755. The molecule has 1 aliphatic heterocycles. The number of fused-ring (bicyclic) bond motifs is 2. The topological polar surface area (TPSA) is 39.1 Å². The highest BCUT2D eigenvalue weighted by Crippen LogP contribution is 2.60. The molecule has 1 N–H and O–H groups in total. The van der Waals surface area contributed by atoms with E-state index in [2.05, 4.69) is 22.3 Å². The molecule has 0 aromatic carbocycles. The van der Waals surface area contributed by atoms with Gasteiger partial charge in [-0.1, -0.05) is 25.7 Å². The molecule has 1 spiro atoms. The van der Waals surface area contributed by atoms with Crippen molar-refractivity contribution in [1.29, 1.82) is 0 Å². The van der Waals surface area contributed by atoms with Crippen LogP contribution in [0.4, 0.5) is 0 Å². The number of nitrogens with zero attached hydrogens (tertiary/aromatic N) is 2. The third-order valence-corrected chi connectivity index (χ3v) is 7.15. The standard InChI is InChI=1S/C19H29N3O/c1-2-6-15(5-1)22-11-7-14(21-22)13-20-17-16-8-12-23-18(16)19(17)9-3-4-10-19/h7,11,15-18,20H,1-6,8-10,12-13H2/t16-,17-,18-/m1/s1. The van der Waals surface area contributed by atoms with Crippen LogP contribution in [-0.4, -0.2) is 28.5 Å². The average molecular weight is 315 g/mol. The van der Waals surface area contributed by atoms with Crippen molar-refractivity contribution in [1.82, 2.24) is 15.1 Å². The first-order valence-corrected chi connectivity index (χ1v) is 9.76. The average Bonchev–Trinajstić information content (AvgIpc) is 3.33. The Morgan fingerprint density at radius 3 is 2.83 bits per heavy atom. The summed E-state index contributed by atoms with van der Waals surface area (Å²) in [5, 5.41) is 8.73. The summed E-state index contributed by atoms with van der Waals surface area (Å²) in [4.78, 5) is 0. The second-order valence-corrected chi connectivity index (χ2v) is 8.27. The third kappa shape index (κ3) is 2.21. The van der Waals surface area contributed by atoms with E-state index in [-0.39, 0.29) is 0 Å². The van der Waals surface area contributed by atoms with Crippen molar-refractivity contribution in [3.63, 3.8) is 0 Å². The first-order chi connectivity index (χ1) is 11.4. The molecule has 3 saturated carbocycles. The van der Waals surface area contributed by atoms with E-state index >= 15 is 0 Å². The fourth-order valence-corrected chi connectivity index (χ4v) is 6.07. The van der Waals surface area contributed by atoms with Gasteiger partial charge < -0.3 is 10.1 Å². The van der Waals surface area contributed by atoms with Gasteiger partial charge in [0.05, 0.1) is 17.8 Å². The van der Waals surface area contributed by atoms with Crippen LogP contribution in [0.25, 0.3) is 0 Å². The minimum atomic E-state index is 0.454. The van der Waals surface area contributed by atoms with Gasteiger partial charge in [-0.3, -0.25) is 4.68 Å². The Balaban J connectivity index is 1.25. The largest absolute Gasteiger partial charge is 0.377 e. The van der Waals surface area contributed by atoms with Crippen LogP contribution in [0.5, 0.6) is 0 Å². The van der Waals surface area contributed by atoms with E-state index in [4.69, 9.17) is 9.84 Å². The zero-order valence-electron chi connectivity index (χ0n) is 14.0. The zero-order chi connectivity index (χ0) is 15.3. The quantitative estimate of drug-likeness (QED) is 0.925. The van der Waals surface area contributed by atoms with Crippen molar-refractivity contribution in [3.8, 4) is 0 Å². The van der Waals surface area contributed by atoms with Gasteiger partial charge in [0.1, 0.15) is 0 Å². The lowest BCUT2D eigenvalue weighted by molar-refractivity contribution is -0.131. The van der Waals surface area contributed by atoms with Gasteiger partial charge in [-0.15, -0.1) is 0 Å². The highest BCUT2D eigenvalue weighted by atomic mass is 16.5. The molecule has 4 aliphatic rings. The maximum Gasteiger partial charge on any atom is 0.0762 e. The highest BCUT2D eigenvalue weighted by molar-refractivity contribution is 5.17. The van der Waals surface area contributed by atoms with Crippen LogP contribution >= 0.6 is 0 Å². The van der Waals surface area contributed by atoms with Gasteiger partial charge in [0.2, 0.25) is 0 Å². The normalized spacial score (nSPS) is 35.7. The van der Waals surface area contributed by atoms with E-state index in [0.29, 0.717) is 23.6 Å². The number of rotatable bonds is 4. The van der Waals surface area contributed by atoms with Gasteiger partial charge in [-0.25, -0.2) is 0 Å². The summed E-state index contributed by atoms with van der Waals surface area (Å²) in [6.45, 7) is 1.90. The van der Waals surface area contributed by atoms with Gasteiger partial charge in [-0.2, -0.15) is 5.10 Å². The number of nitrogens with one attached hydrogen (secondary N) is 1. The molecular formula is C19H29N3O. The number of hydrogen-bond acceptors (Lipinski definition) is 3. The summed E-state index contributed by atoms with van der Waals surface area (Å²) >= 11 is 0. The predicted molar refractivity (Wildman–Crippen MR) is 89.1 cm³/mol. The molecule has 0 amide bonds. The Hall–Kier alpha value is -0.870. The molecule has 3 aliphatic carbocycles. The summed E-state index contributed by atoms with van der Waals surface area (Å²) in [7, 11) is 0. The molecule has 4 fully saturated rings. The lowest BCUT2D eigenvalue weighted by Crippen LogP contribution is -2.67. The van der Waals surface area contributed by atoms with Crippen molar-refractivity contribution in [2.75, 3.05) is 6.61 Å². The minimum absolute atomic E-state index is 0.454. The first kappa shape index (κ1) is 14.5. The molecule has 2 heterocycles. The Morgan fingerprint density at radius 2 is 2.00 bits per heavy atom. The Bertz CT molecular complexity index is 557. The Morgan fingerprint density at radius 1 is 1.17 bits per heavy atom. The van der Waals surface area contributed by atoms with Crippen molar-refractivity contribution in [2.45, 2.75) is 82.5 Å². The Labute approximate surface area is 139 Å². The summed E-state index contributed by atoms with van der Waals surface area (Å²) < 4.78 is 8.30. The van der Waals surface area contributed by atoms with Gasteiger partial charge in [0.15, 0.2) is 0 Å². The molecule has 0 unspecified atom stereocenters. The number of hydrogen-bond donors (Lipinski definition) is 1. The predicted octanol–water partition coefficient (Wildman–Crippen LogP) is 3.44. The van der Waals surface area contributed by atoms with E-state index in [9.17, 15) is 0 Å².